The zero-order chi connectivity index (χ0) is 14.4. The summed E-state index contributed by atoms with van der Waals surface area (Å²) in [4.78, 5) is 4.04. The van der Waals surface area contributed by atoms with Gasteiger partial charge in [0.25, 0.3) is 0 Å². The van der Waals surface area contributed by atoms with Crippen molar-refractivity contribution in [2.45, 2.75) is 0 Å². The lowest BCUT2D eigenvalue weighted by molar-refractivity contribution is 0.578. The largest absolute Gasteiger partial charge is 0.369 e. The fraction of sp³-hybridized carbons (Fsp3) is 0. The van der Waals surface area contributed by atoms with Gasteiger partial charge in [-0.15, -0.1) is 0 Å². The van der Waals surface area contributed by atoms with Crippen LogP contribution in [0.3, 0.4) is 0 Å². The third kappa shape index (κ3) is 1.94. The van der Waals surface area contributed by atoms with E-state index in [1.807, 2.05) is 0 Å². The molecule has 0 bridgehead atoms. The number of aromatic nitrogens is 2. The average molecular weight is 342 g/mol. The summed E-state index contributed by atoms with van der Waals surface area (Å²) in [5.74, 6) is -2.05. The molecule has 2 aromatic carbocycles. The van der Waals surface area contributed by atoms with Gasteiger partial charge >= 0.3 is 0 Å². The Morgan fingerprint density at radius 3 is 2.50 bits per heavy atom. The summed E-state index contributed by atoms with van der Waals surface area (Å²) in [5.41, 5.74) is 6.46. The molecule has 0 atom stereocenters. The normalized spacial score (nSPS) is 11.2. The average Bonchev–Trinajstić information content (AvgIpc) is 2.66. The summed E-state index contributed by atoms with van der Waals surface area (Å²) in [6, 6.07) is 5.68. The molecular weight excluding hydrogens is 335 g/mol. The molecule has 0 saturated heterocycles. The molecule has 3 aromatic rings. The van der Waals surface area contributed by atoms with Crippen LogP contribution in [0.4, 0.5) is 19.1 Å². The van der Waals surface area contributed by atoms with E-state index in [2.05, 4.69) is 20.9 Å². The highest BCUT2D eigenvalue weighted by molar-refractivity contribution is 9.10. The van der Waals surface area contributed by atoms with Gasteiger partial charge in [-0.2, -0.15) is 0 Å². The van der Waals surface area contributed by atoms with Gasteiger partial charge in [0.1, 0.15) is 17.5 Å². The second-order valence-electron chi connectivity index (χ2n) is 4.16. The molecule has 2 N–H and O–H groups in total. The fourth-order valence-corrected chi connectivity index (χ4v) is 2.34. The summed E-state index contributed by atoms with van der Waals surface area (Å²) in [6.07, 6.45) is 0. The molecule has 0 radical (unpaired) electrons. The fourth-order valence-electron chi connectivity index (χ4n) is 2.01. The topological polar surface area (TPSA) is 43.8 Å². The summed E-state index contributed by atoms with van der Waals surface area (Å²) in [5, 5.41) is 0. The van der Waals surface area contributed by atoms with Gasteiger partial charge in [0.15, 0.2) is 0 Å². The number of nitrogen functional groups attached to an aromatic ring is 1. The van der Waals surface area contributed by atoms with E-state index in [-0.39, 0.29) is 16.1 Å². The van der Waals surface area contributed by atoms with Crippen LogP contribution in [0.1, 0.15) is 0 Å². The van der Waals surface area contributed by atoms with Crippen LogP contribution in [0, 0.1) is 17.5 Å². The van der Waals surface area contributed by atoms with Gasteiger partial charge < -0.3 is 5.73 Å². The van der Waals surface area contributed by atoms with Crippen LogP contribution >= 0.6 is 15.9 Å². The Labute approximate surface area is 120 Å². The highest BCUT2D eigenvalue weighted by Crippen LogP contribution is 2.28. The lowest BCUT2D eigenvalue weighted by Gasteiger charge is -2.08. The standard InChI is InChI=1S/C13H7BrF3N3/c14-7-4-10-12(5-8(7)16)20(13(18)19-10)11-2-1-6(15)3-9(11)17/h1-5H,(H2,18,19). The lowest BCUT2D eigenvalue weighted by Crippen LogP contribution is -2.03. The van der Waals surface area contributed by atoms with Crippen molar-refractivity contribution in [3.63, 3.8) is 0 Å². The van der Waals surface area contributed by atoms with Gasteiger partial charge in [-0.25, -0.2) is 18.2 Å². The highest BCUT2D eigenvalue weighted by atomic mass is 79.9. The molecule has 0 aliphatic carbocycles. The first kappa shape index (κ1) is 13.0. The van der Waals surface area contributed by atoms with E-state index in [1.54, 1.807) is 0 Å². The summed E-state index contributed by atoms with van der Waals surface area (Å²) < 4.78 is 41.9. The molecule has 0 aliphatic heterocycles. The van der Waals surface area contributed by atoms with E-state index in [4.69, 9.17) is 5.73 Å². The Hall–Kier alpha value is -2.02. The Morgan fingerprint density at radius 1 is 1.05 bits per heavy atom. The molecule has 0 aliphatic rings. The van der Waals surface area contributed by atoms with Gasteiger partial charge in [-0.1, -0.05) is 0 Å². The number of nitrogens with two attached hydrogens (primary N) is 1. The number of hydrogen-bond donors (Lipinski definition) is 1. The van der Waals surface area contributed by atoms with E-state index in [0.29, 0.717) is 11.0 Å². The van der Waals surface area contributed by atoms with E-state index in [0.717, 1.165) is 12.1 Å². The summed E-state index contributed by atoms with van der Waals surface area (Å²) in [6.45, 7) is 0. The van der Waals surface area contributed by atoms with Gasteiger partial charge in [0, 0.05) is 12.1 Å². The van der Waals surface area contributed by atoms with Gasteiger partial charge in [-0.3, -0.25) is 4.57 Å². The van der Waals surface area contributed by atoms with Crippen molar-refractivity contribution in [3.8, 4) is 5.69 Å². The highest BCUT2D eigenvalue weighted by Gasteiger charge is 2.16. The van der Waals surface area contributed by atoms with Crippen molar-refractivity contribution in [1.82, 2.24) is 9.55 Å². The molecule has 1 heterocycles. The third-order valence-electron chi connectivity index (χ3n) is 2.87. The predicted octanol–water partition coefficient (Wildman–Crippen LogP) is 3.79. The van der Waals surface area contributed by atoms with Crippen LogP contribution in [0.2, 0.25) is 0 Å². The molecule has 0 spiro atoms. The quantitative estimate of drug-likeness (QED) is 0.731. The minimum absolute atomic E-state index is 0.00752. The number of rotatable bonds is 1. The maximum Gasteiger partial charge on any atom is 0.206 e. The molecule has 20 heavy (non-hydrogen) atoms. The summed E-state index contributed by atoms with van der Waals surface area (Å²) >= 11 is 3.04. The van der Waals surface area contributed by atoms with Crippen LogP contribution < -0.4 is 5.73 Å². The predicted molar refractivity (Wildman–Crippen MR) is 73.1 cm³/mol. The lowest BCUT2D eigenvalue weighted by atomic mass is 10.2. The molecule has 102 valence electrons. The van der Waals surface area contributed by atoms with Crippen molar-refractivity contribution in [1.29, 1.82) is 0 Å². The molecule has 0 amide bonds. The van der Waals surface area contributed by atoms with E-state index >= 15 is 0 Å². The minimum atomic E-state index is -0.806. The molecule has 0 fully saturated rings. The minimum Gasteiger partial charge on any atom is -0.369 e. The first-order valence-corrected chi connectivity index (χ1v) is 6.35. The van der Waals surface area contributed by atoms with Crippen LogP contribution in [-0.4, -0.2) is 9.55 Å². The smallest absolute Gasteiger partial charge is 0.206 e. The number of hydrogen-bond acceptors (Lipinski definition) is 2. The van der Waals surface area contributed by atoms with E-state index < -0.39 is 17.5 Å². The van der Waals surface area contributed by atoms with Crippen molar-refractivity contribution in [2.75, 3.05) is 5.73 Å². The molecule has 7 heteroatoms. The second-order valence-corrected chi connectivity index (χ2v) is 5.01. The number of imidazole rings is 1. The molecular formula is C13H7BrF3N3. The van der Waals surface area contributed by atoms with Crippen molar-refractivity contribution in [2.24, 2.45) is 0 Å². The Morgan fingerprint density at radius 2 is 1.80 bits per heavy atom. The van der Waals surface area contributed by atoms with Crippen LogP contribution in [0.5, 0.6) is 0 Å². The maximum atomic E-state index is 13.9. The molecule has 0 saturated carbocycles. The van der Waals surface area contributed by atoms with Crippen LogP contribution in [0.25, 0.3) is 16.7 Å². The maximum absolute atomic E-state index is 13.9. The van der Waals surface area contributed by atoms with Gasteiger partial charge in [0.05, 0.1) is 21.2 Å². The van der Waals surface area contributed by atoms with Crippen molar-refractivity contribution < 1.29 is 13.2 Å². The molecule has 0 unspecified atom stereocenters. The Bertz CT molecular complexity index is 829. The van der Waals surface area contributed by atoms with Crippen LogP contribution in [0.15, 0.2) is 34.8 Å². The first-order valence-electron chi connectivity index (χ1n) is 5.56. The Kier molecular flexibility index (Phi) is 2.93. The monoisotopic (exact) mass is 341 g/mol. The van der Waals surface area contributed by atoms with Gasteiger partial charge in [0.2, 0.25) is 5.95 Å². The van der Waals surface area contributed by atoms with Crippen LogP contribution in [-0.2, 0) is 0 Å². The zero-order valence-corrected chi connectivity index (χ0v) is 11.5. The number of nitrogens with zero attached hydrogens (tertiary/aromatic N) is 2. The first-order chi connectivity index (χ1) is 9.47. The van der Waals surface area contributed by atoms with Crippen molar-refractivity contribution in [3.05, 3.63) is 52.3 Å². The van der Waals surface area contributed by atoms with Crippen molar-refractivity contribution >= 4 is 32.9 Å². The Balaban J connectivity index is 2.35. The number of anilines is 1. The van der Waals surface area contributed by atoms with E-state index in [1.165, 1.54) is 22.8 Å². The SMILES string of the molecule is Nc1nc2cc(Br)c(F)cc2n1-c1ccc(F)cc1F. The summed E-state index contributed by atoms with van der Waals surface area (Å²) in [7, 11) is 0. The second kappa shape index (κ2) is 4.52. The molecule has 3 nitrogen and oxygen atoms in total. The zero-order valence-electron chi connectivity index (χ0n) is 9.87. The van der Waals surface area contributed by atoms with E-state index in [9.17, 15) is 13.2 Å². The van der Waals surface area contributed by atoms with Gasteiger partial charge in [-0.05, 0) is 34.1 Å². The molecule has 3 rings (SSSR count). The number of fused-ring (bicyclic) bond motifs is 1. The number of halogens is 4. The number of benzene rings is 2. The third-order valence-corrected chi connectivity index (χ3v) is 3.48. The molecule has 1 aromatic heterocycles.